The van der Waals surface area contributed by atoms with E-state index in [9.17, 15) is 9.59 Å². The van der Waals surface area contributed by atoms with Crippen LogP contribution in [0.2, 0.25) is 0 Å². The second kappa shape index (κ2) is 7.77. The minimum atomic E-state index is -0.418. The fraction of sp³-hybridized carbons (Fsp3) is 0.300. The first kappa shape index (κ1) is 18.1. The first-order chi connectivity index (χ1) is 13.6. The summed E-state index contributed by atoms with van der Waals surface area (Å²) in [5.41, 5.74) is 1.73. The van der Waals surface area contributed by atoms with Crippen molar-refractivity contribution in [2.75, 3.05) is 11.9 Å². The van der Waals surface area contributed by atoms with Crippen LogP contribution >= 0.6 is 0 Å². The molecular weight excluding hydrogens is 358 g/mol. The lowest BCUT2D eigenvalue weighted by Gasteiger charge is -2.14. The van der Waals surface area contributed by atoms with Gasteiger partial charge in [-0.1, -0.05) is 12.1 Å². The molecule has 1 fully saturated rings. The average Bonchev–Trinajstić information content (AvgIpc) is 3.38. The van der Waals surface area contributed by atoms with Crippen molar-refractivity contribution >= 4 is 23.1 Å². The van der Waals surface area contributed by atoms with Crippen LogP contribution in [0.1, 0.15) is 42.0 Å². The zero-order valence-corrected chi connectivity index (χ0v) is 15.5. The molecule has 1 aliphatic rings. The molecule has 3 aromatic rings. The van der Waals surface area contributed by atoms with Crippen LogP contribution in [-0.4, -0.2) is 39.1 Å². The third kappa shape index (κ3) is 3.72. The van der Waals surface area contributed by atoms with Crippen molar-refractivity contribution in [3.63, 3.8) is 0 Å². The highest BCUT2D eigenvalue weighted by atomic mass is 16.5. The van der Waals surface area contributed by atoms with Crippen molar-refractivity contribution in [1.82, 2.24) is 19.9 Å². The predicted octanol–water partition coefficient (Wildman–Crippen LogP) is 2.34. The standard InChI is InChI=1S/C20H21N5O3/c1-13(18-24-23-17-9-2-3-10-25(17)18)21-19(26)14-6-4-7-15(12-14)22-20(27)16-8-5-11-28-16/h2-4,6-7,9-10,12-13,16H,5,8,11H2,1H3,(H,21,26)(H,22,27). The monoisotopic (exact) mass is 379 g/mol. The molecule has 144 valence electrons. The van der Waals surface area contributed by atoms with E-state index in [2.05, 4.69) is 20.8 Å². The lowest BCUT2D eigenvalue weighted by atomic mass is 10.1. The van der Waals surface area contributed by atoms with E-state index >= 15 is 0 Å². The number of hydrogen-bond acceptors (Lipinski definition) is 5. The number of pyridine rings is 1. The van der Waals surface area contributed by atoms with E-state index in [0.717, 1.165) is 18.5 Å². The fourth-order valence-corrected chi connectivity index (χ4v) is 3.25. The summed E-state index contributed by atoms with van der Waals surface area (Å²) in [7, 11) is 0. The summed E-state index contributed by atoms with van der Waals surface area (Å²) in [6.07, 6.45) is 3.04. The largest absolute Gasteiger partial charge is 0.368 e. The van der Waals surface area contributed by atoms with Gasteiger partial charge in [-0.05, 0) is 50.1 Å². The van der Waals surface area contributed by atoms with E-state index in [1.165, 1.54) is 0 Å². The molecular formula is C20H21N5O3. The number of carbonyl (C=O) groups is 2. The second-order valence-corrected chi connectivity index (χ2v) is 6.75. The molecule has 0 radical (unpaired) electrons. The van der Waals surface area contributed by atoms with Gasteiger partial charge in [-0.15, -0.1) is 10.2 Å². The van der Waals surface area contributed by atoms with E-state index in [4.69, 9.17) is 4.74 Å². The summed E-state index contributed by atoms with van der Waals surface area (Å²) in [6.45, 7) is 2.46. The zero-order valence-electron chi connectivity index (χ0n) is 15.5. The molecule has 0 aliphatic carbocycles. The van der Waals surface area contributed by atoms with Gasteiger partial charge in [-0.2, -0.15) is 0 Å². The van der Waals surface area contributed by atoms with Crippen LogP contribution in [0.5, 0.6) is 0 Å². The number of ether oxygens (including phenoxy) is 1. The van der Waals surface area contributed by atoms with Crippen molar-refractivity contribution in [1.29, 1.82) is 0 Å². The van der Waals surface area contributed by atoms with Gasteiger partial charge in [0.05, 0.1) is 6.04 Å². The first-order valence-electron chi connectivity index (χ1n) is 9.25. The van der Waals surface area contributed by atoms with E-state index in [0.29, 0.717) is 23.7 Å². The number of rotatable bonds is 5. The summed E-state index contributed by atoms with van der Waals surface area (Å²) in [5, 5.41) is 14.0. The van der Waals surface area contributed by atoms with E-state index < -0.39 is 6.10 Å². The summed E-state index contributed by atoms with van der Waals surface area (Å²) >= 11 is 0. The van der Waals surface area contributed by atoms with Crippen LogP contribution in [0.15, 0.2) is 48.7 Å². The number of hydrogen-bond donors (Lipinski definition) is 2. The molecule has 2 atom stereocenters. The normalized spacial score (nSPS) is 17.4. The summed E-state index contributed by atoms with van der Waals surface area (Å²) in [5.74, 6) is 0.207. The summed E-state index contributed by atoms with van der Waals surface area (Å²) in [6, 6.07) is 12.1. The zero-order chi connectivity index (χ0) is 19.5. The van der Waals surface area contributed by atoms with Gasteiger partial charge >= 0.3 is 0 Å². The molecule has 4 rings (SSSR count). The number of fused-ring (bicyclic) bond motifs is 1. The van der Waals surface area contributed by atoms with Crippen molar-refractivity contribution in [2.45, 2.75) is 31.9 Å². The van der Waals surface area contributed by atoms with Crippen molar-refractivity contribution in [2.24, 2.45) is 0 Å². The Balaban J connectivity index is 1.45. The SMILES string of the molecule is CC(NC(=O)c1cccc(NC(=O)C2CCCO2)c1)c1nnc2ccccn12. The lowest BCUT2D eigenvalue weighted by molar-refractivity contribution is -0.124. The van der Waals surface area contributed by atoms with Crippen molar-refractivity contribution in [3.05, 3.63) is 60.0 Å². The van der Waals surface area contributed by atoms with Crippen LogP contribution in [0.4, 0.5) is 5.69 Å². The third-order valence-corrected chi connectivity index (χ3v) is 4.69. The molecule has 0 spiro atoms. The quantitative estimate of drug-likeness (QED) is 0.709. The van der Waals surface area contributed by atoms with Crippen molar-refractivity contribution < 1.29 is 14.3 Å². The van der Waals surface area contributed by atoms with Gasteiger partial charge in [-0.25, -0.2) is 0 Å². The van der Waals surface area contributed by atoms with E-state index in [1.807, 2.05) is 35.7 Å². The number of nitrogens with one attached hydrogen (secondary N) is 2. The Bertz CT molecular complexity index is 1010. The number of amides is 2. The molecule has 28 heavy (non-hydrogen) atoms. The number of carbonyl (C=O) groups excluding carboxylic acids is 2. The second-order valence-electron chi connectivity index (χ2n) is 6.75. The molecule has 1 aromatic carbocycles. The molecule has 8 nitrogen and oxygen atoms in total. The van der Waals surface area contributed by atoms with Crippen LogP contribution in [0.25, 0.3) is 5.65 Å². The third-order valence-electron chi connectivity index (χ3n) is 4.69. The summed E-state index contributed by atoms with van der Waals surface area (Å²) in [4.78, 5) is 24.9. The number of aromatic nitrogens is 3. The van der Waals surface area contributed by atoms with Crippen LogP contribution in [0.3, 0.4) is 0 Å². The molecule has 0 bridgehead atoms. The van der Waals surface area contributed by atoms with E-state index in [1.54, 1.807) is 24.3 Å². The minimum absolute atomic E-state index is 0.182. The highest BCUT2D eigenvalue weighted by molar-refractivity contribution is 5.98. The first-order valence-corrected chi connectivity index (χ1v) is 9.25. The Morgan fingerprint density at radius 2 is 2.11 bits per heavy atom. The Morgan fingerprint density at radius 3 is 2.93 bits per heavy atom. The molecule has 1 saturated heterocycles. The molecule has 2 N–H and O–H groups in total. The van der Waals surface area contributed by atoms with Gasteiger partial charge in [-0.3, -0.25) is 14.0 Å². The Hall–Kier alpha value is -3.26. The van der Waals surface area contributed by atoms with Crippen LogP contribution in [0, 0.1) is 0 Å². The minimum Gasteiger partial charge on any atom is -0.368 e. The van der Waals surface area contributed by atoms with Crippen LogP contribution in [-0.2, 0) is 9.53 Å². The molecule has 0 saturated carbocycles. The molecule has 3 heterocycles. The Labute approximate surface area is 161 Å². The number of anilines is 1. The van der Waals surface area contributed by atoms with Gasteiger partial charge in [0.2, 0.25) is 0 Å². The van der Waals surface area contributed by atoms with Gasteiger partial charge in [0, 0.05) is 24.1 Å². The maximum Gasteiger partial charge on any atom is 0.253 e. The van der Waals surface area contributed by atoms with Gasteiger partial charge in [0.15, 0.2) is 11.5 Å². The fourth-order valence-electron chi connectivity index (χ4n) is 3.25. The smallest absolute Gasteiger partial charge is 0.253 e. The van der Waals surface area contributed by atoms with Gasteiger partial charge in [0.1, 0.15) is 6.10 Å². The Kier molecular flexibility index (Phi) is 5.03. The molecule has 2 amide bonds. The number of nitrogens with zero attached hydrogens (tertiary/aromatic N) is 3. The molecule has 2 aromatic heterocycles. The predicted molar refractivity (Wildman–Crippen MR) is 103 cm³/mol. The highest BCUT2D eigenvalue weighted by Gasteiger charge is 2.24. The maximum atomic E-state index is 12.7. The highest BCUT2D eigenvalue weighted by Crippen LogP contribution is 2.17. The maximum absolute atomic E-state index is 12.7. The van der Waals surface area contributed by atoms with E-state index in [-0.39, 0.29) is 17.9 Å². The van der Waals surface area contributed by atoms with Gasteiger partial charge < -0.3 is 15.4 Å². The molecule has 2 unspecified atom stereocenters. The topological polar surface area (TPSA) is 97.6 Å². The van der Waals surface area contributed by atoms with Crippen molar-refractivity contribution in [3.8, 4) is 0 Å². The summed E-state index contributed by atoms with van der Waals surface area (Å²) < 4.78 is 7.22. The molecule has 8 heteroatoms. The average molecular weight is 379 g/mol. The lowest BCUT2D eigenvalue weighted by Crippen LogP contribution is -2.29. The van der Waals surface area contributed by atoms with Crippen LogP contribution < -0.4 is 10.6 Å². The van der Waals surface area contributed by atoms with Gasteiger partial charge in [0.25, 0.3) is 11.8 Å². The number of benzene rings is 1. The Morgan fingerprint density at radius 1 is 1.21 bits per heavy atom. The molecule has 1 aliphatic heterocycles.